The molecule has 1 aromatic rings. The van der Waals surface area contributed by atoms with E-state index in [0.717, 1.165) is 12.6 Å². The number of hydrogen-bond acceptors (Lipinski definition) is 2. The minimum atomic E-state index is 0.771. The Morgan fingerprint density at radius 1 is 1.43 bits per heavy atom. The third-order valence-corrected chi connectivity index (χ3v) is 2.94. The lowest BCUT2D eigenvalue weighted by atomic mass is 10.0. The second-order valence-corrected chi connectivity index (χ2v) is 4.09. The number of nitrogens with zero attached hydrogens (tertiary/aromatic N) is 2. The summed E-state index contributed by atoms with van der Waals surface area (Å²) < 4.78 is 2.16. The molecular formula is C11H19N3. The van der Waals surface area contributed by atoms with Gasteiger partial charge in [0, 0.05) is 25.0 Å². The third kappa shape index (κ3) is 2.84. The summed E-state index contributed by atoms with van der Waals surface area (Å²) in [5.74, 6) is 0. The first-order valence-electron chi connectivity index (χ1n) is 5.64. The fourth-order valence-corrected chi connectivity index (χ4v) is 2.11. The van der Waals surface area contributed by atoms with Gasteiger partial charge in [0.2, 0.25) is 0 Å². The Labute approximate surface area is 85.5 Å². The van der Waals surface area contributed by atoms with Gasteiger partial charge in [0.25, 0.3) is 0 Å². The molecule has 1 saturated heterocycles. The number of rotatable bonds is 4. The maximum Gasteiger partial charge on any atom is 0.0945 e. The predicted octanol–water partition coefficient (Wildman–Crippen LogP) is 1.81. The molecule has 1 aliphatic rings. The SMILES string of the molecule is c1cn(CCC[C@H]2CCCCN2)cn1. The number of aryl methyl sites for hydroxylation is 1. The van der Waals surface area contributed by atoms with Crippen molar-refractivity contribution >= 4 is 0 Å². The van der Waals surface area contributed by atoms with Gasteiger partial charge in [0.05, 0.1) is 6.33 Å². The highest BCUT2D eigenvalue weighted by Crippen LogP contribution is 2.12. The summed E-state index contributed by atoms with van der Waals surface area (Å²) in [7, 11) is 0. The molecule has 0 aromatic carbocycles. The van der Waals surface area contributed by atoms with Crippen LogP contribution in [0.25, 0.3) is 0 Å². The summed E-state index contributed by atoms with van der Waals surface area (Å²) in [5, 5.41) is 3.57. The molecule has 1 aliphatic heterocycles. The zero-order valence-corrected chi connectivity index (χ0v) is 8.65. The van der Waals surface area contributed by atoms with E-state index in [0.29, 0.717) is 0 Å². The molecule has 1 N–H and O–H groups in total. The molecular weight excluding hydrogens is 174 g/mol. The van der Waals surface area contributed by atoms with Crippen LogP contribution in [0.5, 0.6) is 0 Å². The monoisotopic (exact) mass is 193 g/mol. The van der Waals surface area contributed by atoms with Gasteiger partial charge in [-0.15, -0.1) is 0 Å². The standard InChI is InChI=1S/C11H19N3/c1-2-6-13-11(4-1)5-3-8-14-9-7-12-10-14/h7,9-11,13H,1-6,8H2/t11-/m1/s1. The van der Waals surface area contributed by atoms with Crippen LogP contribution in [0.4, 0.5) is 0 Å². The Kier molecular flexibility index (Phi) is 3.57. The van der Waals surface area contributed by atoms with E-state index in [9.17, 15) is 0 Å². The van der Waals surface area contributed by atoms with Crippen LogP contribution in [-0.4, -0.2) is 22.1 Å². The highest BCUT2D eigenvalue weighted by atomic mass is 15.0. The molecule has 0 saturated carbocycles. The average Bonchev–Trinajstić information content (AvgIpc) is 2.72. The van der Waals surface area contributed by atoms with Gasteiger partial charge < -0.3 is 9.88 Å². The van der Waals surface area contributed by atoms with Gasteiger partial charge in [-0.2, -0.15) is 0 Å². The lowest BCUT2D eigenvalue weighted by molar-refractivity contribution is 0.368. The van der Waals surface area contributed by atoms with E-state index in [1.165, 1.54) is 38.6 Å². The summed E-state index contributed by atoms with van der Waals surface area (Å²) in [6, 6.07) is 0.771. The van der Waals surface area contributed by atoms with Crippen LogP contribution in [0.2, 0.25) is 0 Å². The first kappa shape index (κ1) is 9.71. The molecule has 0 radical (unpaired) electrons. The zero-order chi connectivity index (χ0) is 9.64. The Bertz CT molecular complexity index is 237. The van der Waals surface area contributed by atoms with Crippen molar-refractivity contribution in [3.63, 3.8) is 0 Å². The van der Waals surface area contributed by atoms with Crippen molar-refractivity contribution in [2.75, 3.05) is 6.54 Å². The zero-order valence-electron chi connectivity index (χ0n) is 8.65. The van der Waals surface area contributed by atoms with Crippen molar-refractivity contribution in [3.8, 4) is 0 Å². The number of imidazole rings is 1. The molecule has 0 bridgehead atoms. The van der Waals surface area contributed by atoms with Gasteiger partial charge in [-0.3, -0.25) is 0 Å². The highest BCUT2D eigenvalue weighted by Gasteiger charge is 2.11. The van der Waals surface area contributed by atoms with E-state index in [2.05, 4.69) is 14.9 Å². The van der Waals surface area contributed by atoms with Gasteiger partial charge in [-0.25, -0.2) is 4.98 Å². The van der Waals surface area contributed by atoms with Gasteiger partial charge in [0.1, 0.15) is 0 Å². The maximum absolute atomic E-state index is 4.03. The van der Waals surface area contributed by atoms with E-state index in [-0.39, 0.29) is 0 Å². The summed E-state index contributed by atoms with van der Waals surface area (Å²) in [6.07, 6.45) is 12.5. The fourth-order valence-electron chi connectivity index (χ4n) is 2.11. The van der Waals surface area contributed by atoms with E-state index in [4.69, 9.17) is 0 Å². The number of nitrogens with one attached hydrogen (secondary N) is 1. The Balaban J connectivity index is 1.62. The predicted molar refractivity (Wildman–Crippen MR) is 57.1 cm³/mol. The van der Waals surface area contributed by atoms with Gasteiger partial charge >= 0.3 is 0 Å². The molecule has 0 amide bonds. The number of piperidine rings is 1. The molecule has 2 rings (SSSR count). The van der Waals surface area contributed by atoms with Crippen molar-refractivity contribution in [1.82, 2.24) is 14.9 Å². The van der Waals surface area contributed by atoms with Gasteiger partial charge in [-0.1, -0.05) is 6.42 Å². The minimum absolute atomic E-state index is 0.771. The first-order chi connectivity index (χ1) is 6.95. The van der Waals surface area contributed by atoms with Gasteiger partial charge in [-0.05, 0) is 32.2 Å². The number of hydrogen-bond donors (Lipinski definition) is 1. The second-order valence-electron chi connectivity index (χ2n) is 4.09. The maximum atomic E-state index is 4.03. The summed E-state index contributed by atoms with van der Waals surface area (Å²) in [6.45, 7) is 2.33. The second kappa shape index (κ2) is 5.15. The van der Waals surface area contributed by atoms with E-state index >= 15 is 0 Å². The third-order valence-electron chi connectivity index (χ3n) is 2.94. The minimum Gasteiger partial charge on any atom is -0.337 e. The molecule has 78 valence electrons. The molecule has 1 aromatic heterocycles. The Morgan fingerprint density at radius 3 is 3.14 bits per heavy atom. The van der Waals surface area contributed by atoms with Gasteiger partial charge in [0.15, 0.2) is 0 Å². The fraction of sp³-hybridized carbons (Fsp3) is 0.727. The van der Waals surface area contributed by atoms with E-state index in [1.807, 2.05) is 18.7 Å². The molecule has 0 spiro atoms. The van der Waals surface area contributed by atoms with Crippen LogP contribution in [0.3, 0.4) is 0 Å². The quantitative estimate of drug-likeness (QED) is 0.790. The Hall–Kier alpha value is -0.830. The lowest BCUT2D eigenvalue weighted by Gasteiger charge is -2.23. The summed E-state index contributed by atoms with van der Waals surface area (Å²) in [5.41, 5.74) is 0. The molecule has 2 heterocycles. The van der Waals surface area contributed by atoms with Crippen molar-refractivity contribution in [2.45, 2.75) is 44.7 Å². The summed E-state index contributed by atoms with van der Waals surface area (Å²) >= 11 is 0. The molecule has 14 heavy (non-hydrogen) atoms. The first-order valence-corrected chi connectivity index (χ1v) is 5.64. The average molecular weight is 193 g/mol. The smallest absolute Gasteiger partial charge is 0.0945 e. The van der Waals surface area contributed by atoms with Crippen molar-refractivity contribution in [1.29, 1.82) is 0 Å². The molecule has 0 unspecified atom stereocenters. The van der Waals surface area contributed by atoms with Crippen LogP contribution < -0.4 is 5.32 Å². The highest BCUT2D eigenvalue weighted by molar-refractivity contribution is 4.75. The lowest BCUT2D eigenvalue weighted by Crippen LogP contribution is -2.33. The normalized spacial score (nSPS) is 22.4. The van der Waals surface area contributed by atoms with Crippen molar-refractivity contribution in [3.05, 3.63) is 18.7 Å². The topological polar surface area (TPSA) is 29.9 Å². The van der Waals surface area contributed by atoms with E-state index < -0.39 is 0 Å². The largest absolute Gasteiger partial charge is 0.337 e. The van der Waals surface area contributed by atoms with Crippen molar-refractivity contribution < 1.29 is 0 Å². The molecule has 0 aliphatic carbocycles. The molecule has 3 nitrogen and oxygen atoms in total. The number of aromatic nitrogens is 2. The van der Waals surface area contributed by atoms with Crippen molar-refractivity contribution in [2.24, 2.45) is 0 Å². The van der Waals surface area contributed by atoms with E-state index in [1.54, 1.807) is 0 Å². The van der Waals surface area contributed by atoms with Crippen LogP contribution in [0.1, 0.15) is 32.1 Å². The molecule has 1 atom stereocenters. The van der Waals surface area contributed by atoms with Crippen LogP contribution in [0, 0.1) is 0 Å². The molecule has 1 fully saturated rings. The Morgan fingerprint density at radius 2 is 2.43 bits per heavy atom. The summed E-state index contributed by atoms with van der Waals surface area (Å²) in [4.78, 5) is 4.03. The van der Waals surface area contributed by atoms with Crippen LogP contribution in [-0.2, 0) is 6.54 Å². The van der Waals surface area contributed by atoms with Crippen LogP contribution >= 0.6 is 0 Å². The van der Waals surface area contributed by atoms with Crippen LogP contribution in [0.15, 0.2) is 18.7 Å². The molecule has 3 heteroatoms.